The van der Waals surface area contributed by atoms with E-state index in [2.05, 4.69) is 28.1 Å². The summed E-state index contributed by atoms with van der Waals surface area (Å²) in [4.78, 5) is 59.3. The van der Waals surface area contributed by atoms with Gasteiger partial charge in [-0.25, -0.2) is 18.7 Å². The average molecular weight is 659 g/mol. The fourth-order valence-electron chi connectivity index (χ4n) is 4.16. The molecular weight excluding hydrogens is 627 g/mol. The van der Waals surface area contributed by atoms with Crippen LogP contribution in [0.1, 0.15) is 40.0 Å². The molecule has 0 spiro atoms. The summed E-state index contributed by atoms with van der Waals surface area (Å²) in [5, 5.41) is 22.1. The molecule has 0 amide bonds. The fourth-order valence-corrected chi connectivity index (χ4v) is 7.19. The quantitative estimate of drug-likeness (QED) is 0.109. The lowest BCUT2D eigenvalue weighted by atomic mass is 9.97. The monoisotopic (exact) mass is 659 g/mol. The van der Waals surface area contributed by atoms with Crippen LogP contribution in [0, 0.1) is 0 Å². The van der Waals surface area contributed by atoms with Gasteiger partial charge < -0.3 is 40.3 Å². The number of fused-ring (bicyclic) bond motifs is 1. The van der Waals surface area contributed by atoms with Gasteiger partial charge in [-0.15, -0.1) is 0 Å². The van der Waals surface area contributed by atoms with Gasteiger partial charge in [0, 0.05) is 6.42 Å². The highest BCUT2D eigenvalue weighted by atomic mass is 31.3. The van der Waals surface area contributed by atoms with E-state index in [1.807, 2.05) is 26.8 Å². The third-order valence-corrected chi connectivity index (χ3v) is 9.81. The van der Waals surface area contributed by atoms with Gasteiger partial charge >= 0.3 is 23.5 Å². The van der Waals surface area contributed by atoms with E-state index in [-0.39, 0.29) is 23.5 Å². The molecule has 3 heterocycles. The number of H-pyrrole nitrogens is 1. The molecule has 42 heavy (non-hydrogen) atoms. The summed E-state index contributed by atoms with van der Waals surface area (Å²) in [5.74, 6) is -0.282. The van der Waals surface area contributed by atoms with Crippen molar-refractivity contribution in [2.24, 2.45) is 0 Å². The molecule has 0 aromatic carbocycles. The third-order valence-electron chi connectivity index (χ3n) is 6.01. The topological polar surface area (TPSA) is 299 Å². The first-order chi connectivity index (χ1) is 19.3. The van der Waals surface area contributed by atoms with E-state index < -0.39 is 59.7 Å². The summed E-state index contributed by atoms with van der Waals surface area (Å²) >= 11 is 0. The number of imidazole rings is 1. The van der Waals surface area contributed by atoms with Crippen molar-refractivity contribution in [3.8, 4) is 0 Å². The number of hydrogen-bond acceptors (Lipinski definition) is 13. The Kier molecular flexibility index (Phi) is 10.6. The first-order valence-corrected chi connectivity index (χ1v) is 16.6. The number of phosphoric ester groups is 1. The van der Waals surface area contributed by atoms with Crippen LogP contribution in [0.25, 0.3) is 11.2 Å². The van der Waals surface area contributed by atoms with Crippen molar-refractivity contribution in [2.45, 2.75) is 64.1 Å². The number of hydrogen-bond donors (Lipinski definition) is 8. The molecule has 3 rings (SSSR count). The summed E-state index contributed by atoms with van der Waals surface area (Å²) in [5.41, 5.74) is 4.77. The van der Waals surface area contributed by atoms with E-state index >= 15 is 0 Å². The molecule has 19 nitrogen and oxygen atoms in total. The summed E-state index contributed by atoms with van der Waals surface area (Å²) in [6, 6.07) is 0. The Labute approximate surface area is 238 Å². The molecule has 1 saturated heterocycles. The second-order valence-corrected chi connectivity index (χ2v) is 14.1. The lowest BCUT2D eigenvalue weighted by molar-refractivity contribution is -0.142. The molecular formula is C20H32N5O14P3. The van der Waals surface area contributed by atoms with Crippen molar-refractivity contribution in [3.63, 3.8) is 0 Å². The number of ether oxygens (including phenoxy) is 1. The lowest BCUT2D eigenvalue weighted by Gasteiger charge is -2.33. The summed E-state index contributed by atoms with van der Waals surface area (Å²) in [7, 11) is -17.0. The predicted molar refractivity (Wildman–Crippen MR) is 144 cm³/mol. The highest BCUT2D eigenvalue weighted by Crippen LogP contribution is 2.66. The van der Waals surface area contributed by atoms with Gasteiger partial charge in [-0.2, -0.15) is 13.6 Å². The van der Waals surface area contributed by atoms with E-state index in [1.54, 1.807) is 6.08 Å². The fraction of sp³-hybridized carbons (Fsp3) is 0.550. The van der Waals surface area contributed by atoms with Crippen molar-refractivity contribution < 1.29 is 61.4 Å². The summed E-state index contributed by atoms with van der Waals surface area (Å²) < 4.78 is 53.8. The SMILES string of the molecule is CC(C)=CCCC(C)=CC[C@@]1(n2cnc3c(=O)[nH]c(N)nc32)O[C@H](COP(=O)(O)OP(=O)(O)OP(=O)(O)O)[C@@H](O)[C@H]1O. The molecule has 0 radical (unpaired) electrons. The van der Waals surface area contributed by atoms with Crippen molar-refractivity contribution >= 4 is 40.6 Å². The Balaban J connectivity index is 1.94. The Bertz CT molecular complexity index is 1560. The number of aliphatic hydroxyl groups excluding tert-OH is 2. The van der Waals surface area contributed by atoms with E-state index in [4.69, 9.17) is 20.3 Å². The van der Waals surface area contributed by atoms with Crippen LogP contribution in [-0.4, -0.2) is 74.2 Å². The van der Waals surface area contributed by atoms with Crippen LogP contribution < -0.4 is 11.3 Å². The molecule has 1 aliphatic rings. The van der Waals surface area contributed by atoms with Crippen molar-refractivity contribution in [1.82, 2.24) is 19.5 Å². The van der Waals surface area contributed by atoms with E-state index in [1.165, 1.54) is 4.57 Å². The number of nitrogens with zero attached hydrogens (tertiary/aromatic N) is 3. The van der Waals surface area contributed by atoms with Crippen molar-refractivity contribution in [2.75, 3.05) is 12.3 Å². The number of rotatable bonds is 13. The minimum atomic E-state index is -5.79. The van der Waals surface area contributed by atoms with Crippen molar-refractivity contribution in [1.29, 1.82) is 0 Å². The number of phosphoric acid groups is 3. The van der Waals surface area contributed by atoms with Gasteiger partial charge in [0.25, 0.3) is 5.56 Å². The average Bonchev–Trinajstić information content (AvgIpc) is 3.34. The largest absolute Gasteiger partial charge is 0.490 e. The third kappa shape index (κ3) is 8.51. The minimum absolute atomic E-state index is 0.119. The van der Waals surface area contributed by atoms with Gasteiger partial charge in [0.15, 0.2) is 16.9 Å². The second kappa shape index (κ2) is 12.9. The molecule has 0 aliphatic carbocycles. The number of aromatic nitrogens is 4. The molecule has 22 heteroatoms. The molecule has 2 unspecified atom stereocenters. The first-order valence-electron chi connectivity index (χ1n) is 12.1. The number of aliphatic hydroxyl groups is 2. The standard InChI is InChI=1S/C20H32N5O14P3/c1-11(2)5-4-6-12(3)7-8-20(25-10-22-14-17(25)23-19(21)24-18(14)28)16(27)15(26)13(37-20)9-36-41(32,33)39-42(34,35)38-40(29,30)31/h5,7,10,13,15-16,26-27H,4,6,8-9H2,1-3H3,(H,32,33)(H,34,35)(H2,29,30,31)(H3,21,23,24,28)/t13-,15-,16-,20-/m1/s1. The van der Waals surface area contributed by atoms with Gasteiger partial charge in [0.2, 0.25) is 5.95 Å². The van der Waals surface area contributed by atoms with Crippen LogP contribution in [0.15, 0.2) is 34.4 Å². The minimum Gasteiger partial charge on any atom is -0.387 e. The maximum atomic E-state index is 12.4. The van der Waals surface area contributed by atoms with Crippen LogP contribution in [-0.2, 0) is 37.3 Å². The summed E-state index contributed by atoms with van der Waals surface area (Å²) in [6.45, 7) is 4.68. The Morgan fingerprint density at radius 2 is 1.81 bits per heavy atom. The molecule has 1 aliphatic heterocycles. The first kappa shape index (κ1) is 34.4. The van der Waals surface area contributed by atoms with Gasteiger partial charge in [0.1, 0.15) is 18.3 Å². The predicted octanol–water partition coefficient (Wildman–Crippen LogP) is 0.901. The second-order valence-electron chi connectivity index (χ2n) is 9.64. The maximum absolute atomic E-state index is 12.4. The van der Waals surface area contributed by atoms with E-state index in [0.717, 1.165) is 17.5 Å². The summed E-state index contributed by atoms with van der Waals surface area (Å²) in [6.07, 6.45) is 0.833. The zero-order valence-electron chi connectivity index (χ0n) is 22.5. The molecule has 1 fully saturated rings. The zero-order chi connectivity index (χ0) is 31.7. The normalized spacial score (nSPS) is 26.2. The van der Waals surface area contributed by atoms with E-state index in [9.17, 15) is 38.5 Å². The van der Waals surface area contributed by atoms with Gasteiger partial charge in [0.05, 0.1) is 12.9 Å². The van der Waals surface area contributed by atoms with Crippen LogP contribution in [0.3, 0.4) is 0 Å². The Morgan fingerprint density at radius 1 is 1.14 bits per heavy atom. The van der Waals surface area contributed by atoms with Crippen molar-refractivity contribution in [3.05, 3.63) is 40.0 Å². The molecule has 6 atom stereocenters. The number of allylic oxidation sites excluding steroid dienone is 3. The van der Waals surface area contributed by atoms with Crippen LogP contribution in [0.4, 0.5) is 5.95 Å². The molecule has 2 aromatic rings. The number of nitrogens with two attached hydrogens (primary N) is 1. The van der Waals surface area contributed by atoms with Gasteiger partial charge in [-0.1, -0.05) is 23.3 Å². The van der Waals surface area contributed by atoms with Crippen LogP contribution in [0.2, 0.25) is 0 Å². The highest BCUT2D eigenvalue weighted by molar-refractivity contribution is 7.66. The van der Waals surface area contributed by atoms with Gasteiger partial charge in [-0.3, -0.25) is 18.9 Å². The molecule has 236 valence electrons. The van der Waals surface area contributed by atoms with Crippen LogP contribution >= 0.6 is 23.5 Å². The maximum Gasteiger partial charge on any atom is 0.490 e. The number of anilines is 1. The molecule has 9 N–H and O–H groups in total. The molecule has 2 aromatic heterocycles. The lowest BCUT2D eigenvalue weighted by Crippen LogP contribution is -2.45. The Hall–Kier alpha value is -2.08. The number of nitrogen functional groups attached to an aromatic ring is 1. The zero-order valence-corrected chi connectivity index (χ0v) is 25.2. The molecule has 0 saturated carbocycles. The highest BCUT2D eigenvalue weighted by Gasteiger charge is 2.56. The smallest absolute Gasteiger partial charge is 0.387 e. The van der Waals surface area contributed by atoms with Gasteiger partial charge in [-0.05, 0) is 33.6 Å². The molecule has 0 bridgehead atoms. The number of nitrogens with one attached hydrogen (secondary N) is 1. The number of aromatic amines is 1. The Morgan fingerprint density at radius 3 is 2.43 bits per heavy atom. The van der Waals surface area contributed by atoms with E-state index in [0.29, 0.717) is 12.8 Å². The van der Waals surface area contributed by atoms with Crippen LogP contribution in [0.5, 0.6) is 0 Å².